The Morgan fingerprint density at radius 1 is 1.11 bits per heavy atom. The molecule has 2 aromatic carbocycles. The summed E-state index contributed by atoms with van der Waals surface area (Å²) >= 11 is 0. The number of ketones is 1. The van der Waals surface area contributed by atoms with E-state index in [9.17, 15) is 4.79 Å². The SMILES string of the molecule is COc1ccc([C@@H]2CC(=O)C3=C(C2)Nc2nc(N)nn2[C@@H]3[C@@H](C)Cc2ccc3c(c2)OCO3)cc1OC. The molecular weight excluding hydrogens is 474 g/mol. The number of nitrogens with two attached hydrogens (primary N) is 1. The average molecular weight is 504 g/mol. The topological polar surface area (TPSA) is 123 Å². The van der Waals surface area contributed by atoms with Crippen molar-refractivity contribution in [2.24, 2.45) is 5.92 Å². The number of anilines is 2. The Hall–Kier alpha value is -4.21. The summed E-state index contributed by atoms with van der Waals surface area (Å²) in [6.45, 7) is 2.36. The number of ether oxygens (including phenoxy) is 4. The molecule has 37 heavy (non-hydrogen) atoms. The fraction of sp³-hybridized carbons (Fsp3) is 0.370. The highest BCUT2D eigenvalue weighted by molar-refractivity contribution is 5.99. The van der Waals surface area contributed by atoms with Crippen LogP contribution in [0.5, 0.6) is 23.0 Å². The fourth-order valence-electron chi connectivity index (χ4n) is 5.69. The molecule has 0 fully saturated rings. The minimum atomic E-state index is -0.291. The summed E-state index contributed by atoms with van der Waals surface area (Å²) in [5.74, 6) is 3.65. The number of benzene rings is 2. The van der Waals surface area contributed by atoms with Crippen molar-refractivity contribution in [3.63, 3.8) is 0 Å². The number of carbonyl (C=O) groups is 1. The van der Waals surface area contributed by atoms with Crippen molar-refractivity contribution >= 4 is 17.7 Å². The minimum Gasteiger partial charge on any atom is -0.493 e. The average Bonchev–Trinajstić information content (AvgIpc) is 3.51. The summed E-state index contributed by atoms with van der Waals surface area (Å²) in [5.41, 5.74) is 9.74. The van der Waals surface area contributed by atoms with Gasteiger partial charge in [-0.2, -0.15) is 4.98 Å². The van der Waals surface area contributed by atoms with Crippen molar-refractivity contribution in [2.75, 3.05) is 32.1 Å². The zero-order chi connectivity index (χ0) is 25.7. The third-order valence-corrected chi connectivity index (χ3v) is 7.39. The Kier molecular flexibility index (Phi) is 5.66. The van der Waals surface area contributed by atoms with E-state index in [2.05, 4.69) is 22.3 Å². The summed E-state index contributed by atoms with van der Waals surface area (Å²) in [6.07, 6.45) is 1.77. The van der Waals surface area contributed by atoms with Gasteiger partial charge in [0.15, 0.2) is 28.8 Å². The number of nitrogen functional groups attached to an aromatic ring is 1. The molecule has 0 saturated heterocycles. The number of Topliss-reactive ketones (excluding diaryl/α,β-unsaturated/α-hetero) is 1. The highest BCUT2D eigenvalue weighted by atomic mass is 16.7. The highest BCUT2D eigenvalue weighted by Crippen LogP contribution is 2.46. The Labute approximate surface area is 214 Å². The van der Waals surface area contributed by atoms with E-state index in [0.29, 0.717) is 36.7 Å². The standard InChI is InChI=1S/C27H29N5O5/c1-14(8-15-4-6-21-23(9-15)37-13-36-21)25-24-18(29-27-30-26(28)31-32(25)27)10-17(11-19(24)33)16-5-7-20(34-2)22(12-16)35-3/h4-7,9,12,14,17,25H,8,10-11,13H2,1-3H3,(H3,28,29,30,31)/t14-,17-,25+/m0/s1. The Morgan fingerprint density at radius 2 is 1.92 bits per heavy atom. The molecule has 0 unspecified atom stereocenters. The number of nitrogens with one attached hydrogen (secondary N) is 1. The molecule has 0 saturated carbocycles. The van der Waals surface area contributed by atoms with Crippen LogP contribution in [0.1, 0.15) is 42.9 Å². The summed E-state index contributed by atoms with van der Waals surface area (Å²) in [4.78, 5) is 18.1. The second-order valence-corrected chi connectivity index (χ2v) is 9.71. The van der Waals surface area contributed by atoms with E-state index in [4.69, 9.17) is 24.7 Å². The maximum Gasteiger partial charge on any atom is 0.241 e. The predicted molar refractivity (Wildman–Crippen MR) is 136 cm³/mol. The van der Waals surface area contributed by atoms with Gasteiger partial charge in [-0.05, 0) is 60.1 Å². The van der Waals surface area contributed by atoms with E-state index < -0.39 is 0 Å². The summed E-state index contributed by atoms with van der Waals surface area (Å²) in [7, 11) is 3.22. The zero-order valence-corrected chi connectivity index (χ0v) is 21.0. The lowest BCUT2D eigenvalue weighted by atomic mass is 9.76. The number of allylic oxidation sites excluding steroid dienone is 2. The first kappa shape index (κ1) is 23.2. The number of hydrogen-bond donors (Lipinski definition) is 2. The largest absolute Gasteiger partial charge is 0.493 e. The summed E-state index contributed by atoms with van der Waals surface area (Å²) in [6, 6.07) is 11.5. The molecule has 192 valence electrons. The van der Waals surface area contributed by atoms with Crippen molar-refractivity contribution in [2.45, 2.75) is 38.1 Å². The smallest absolute Gasteiger partial charge is 0.241 e. The predicted octanol–water partition coefficient (Wildman–Crippen LogP) is 3.85. The first-order chi connectivity index (χ1) is 17.9. The molecule has 0 radical (unpaired) electrons. The molecule has 2 aliphatic heterocycles. The second-order valence-electron chi connectivity index (χ2n) is 9.71. The van der Waals surface area contributed by atoms with Gasteiger partial charge in [0.05, 0.1) is 20.3 Å². The highest BCUT2D eigenvalue weighted by Gasteiger charge is 2.41. The van der Waals surface area contributed by atoms with Crippen LogP contribution in [-0.2, 0) is 11.2 Å². The second kappa shape index (κ2) is 9.02. The van der Waals surface area contributed by atoms with Crippen LogP contribution in [0.15, 0.2) is 47.7 Å². The lowest BCUT2D eigenvalue weighted by Crippen LogP contribution is -2.36. The fourth-order valence-corrected chi connectivity index (χ4v) is 5.69. The van der Waals surface area contributed by atoms with Crippen molar-refractivity contribution < 1.29 is 23.7 Å². The van der Waals surface area contributed by atoms with Crippen LogP contribution in [0.2, 0.25) is 0 Å². The molecule has 1 aliphatic carbocycles. The zero-order valence-electron chi connectivity index (χ0n) is 21.0. The lowest BCUT2D eigenvalue weighted by Gasteiger charge is -2.37. The van der Waals surface area contributed by atoms with Crippen LogP contribution in [-0.4, -0.2) is 41.6 Å². The molecule has 3 N–H and O–H groups in total. The van der Waals surface area contributed by atoms with E-state index >= 15 is 0 Å². The number of fused-ring (bicyclic) bond motifs is 2. The van der Waals surface area contributed by atoms with E-state index in [1.807, 2.05) is 36.4 Å². The van der Waals surface area contributed by atoms with E-state index in [1.54, 1.807) is 18.9 Å². The van der Waals surface area contributed by atoms with Crippen LogP contribution < -0.4 is 30.0 Å². The molecule has 3 aliphatic rings. The maximum absolute atomic E-state index is 13.7. The van der Waals surface area contributed by atoms with Gasteiger partial charge in [0.2, 0.25) is 18.7 Å². The van der Waals surface area contributed by atoms with Crippen LogP contribution in [0.25, 0.3) is 0 Å². The number of nitrogens with zero attached hydrogens (tertiary/aromatic N) is 3. The molecule has 10 heteroatoms. The van der Waals surface area contributed by atoms with Gasteiger partial charge >= 0.3 is 0 Å². The molecule has 10 nitrogen and oxygen atoms in total. The van der Waals surface area contributed by atoms with Gasteiger partial charge in [0, 0.05) is 17.7 Å². The van der Waals surface area contributed by atoms with Crippen molar-refractivity contribution in [1.82, 2.24) is 14.8 Å². The third kappa shape index (κ3) is 4.02. The van der Waals surface area contributed by atoms with E-state index in [-0.39, 0.29) is 36.4 Å². The van der Waals surface area contributed by atoms with Gasteiger partial charge < -0.3 is 30.0 Å². The summed E-state index contributed by atoms with van der Waals surface area (Å²) in [5, 5.41) is 7.82. The van der Waals surface area contributed by atoms with Crippen LogP contribution in [0, 0.1) is 5.92 Å². The maximum atomic E-state index is 13.7. The van der Waals surface area contributed by atoms with Gasteiger partial charge in [0.25, 0.3) is 0 Å². The lowest BCUT2D eigenvalue weighted by molar-refractivity contribution is -0.117. The molecular formula is C27H29N5O5. The van der Waals surface area contributed by atoms with Crippen molar-refractivity contribution in [3.8, 4) is 23.0 Å². The third-order valence-electron chi connectivity index (χ3n) is 7.39. The van der Waals surface area contributed by atoms with Crippen molar-refractivity contribution in [3.05, 3.63) is 58.8 Å². The molecule has 1 aromatic heterocycles. The van der Waals surface area contributed by atoms with Crippen LogP contribution in [0.3, 0.4) is 0 Å². The first-order valence-electron chi connectivity index (χ1n) is 12.3. The number of rotatable bonds is 6. The minimum absolute atomic E-state index is 0.00445. The van der Waals surface area contributed by atoms with Crippen molar-refractivity contribution in [1.29, 1.82) is 0 Å². The van der Waals surface area contributed by atoms with Gasteiger partial charge in [-0.15, -0.1) is 5.10 Å². The number of hydrogen-bond acceptors (Lipinski definition) is 9. The Bertz CT molecular complexity index is 1410. The van der Waals surface area contributed by atoms with Gasteiger partial charge in [-0.1, -0.05) is 19.1 Å². The van der Waals surface area contributed by atoms with Gasteiger partial charge in [-0.3, -0.25) is 4.79 Å². The quantitative estimate of drug-likeness (QED) is 0.516. The monoisotopic (exact) mass is 503 g/mol. The Morgan fingerprint density at radius 3 is 2.73 bits per heavy atom. The van der Waals surface area contributed by atoms with E-state index in [1.165, 1.54) is 0 Å². The number of aromatic nitrogens is 3. The normalized spacial score (nSPS) is 20.7. The first-order valence-corrected chi connectivity index (χ1v) is 12.3. The molecule has 3 atom stereocenters. The van der Waals surface area contributed by atoms with Gasteiger partial charge in [0.1, 0.15) is 0 Å². The molecule has 3 aromatic rings. The number of methoxy groups -OCH3 is 2. The molecule has 0 amide bonds. The molecule has 0 bridgehead atoms. The van der Waals surface area contributed by atoms with E-state index in [0.717, 1.165) is 33.9 Å². The molecule has 6 rings (SSSR count). The Balaban J connectivity index is 1.33. The molecule has 3 heterocycles. The molecule has 0 spiro atoms. The van der Waals surface area contributed by atoms with Crippen LogP contribution >= 0.6 is 0 Å². The van der Waals surface area contributed by atoms with Crippen LogP contribution in [0.4, 0.5) is 11.9 Å². The number of carbonyl (C=O) groups excluding carboxylic acids is 1. The van der Waals surface area contributed by atoms with Gasteiger partial charge in [-0.25, -0.2) is 4.68 Å². The summed E-state index contributed by atoms with van der Waals surface area (Å²) < 4.78 is 23.6.